The predicted octanol–water partition coefficient (Wildman–Crippen LogP) is 1.56. The van der Waals surface area contributed by atoms with Crippen molar-refractivity contribution < 1.29 is 20.4 Å². The molecule has 1 saturated carbocycles. The Kier molecular flexibility index (Phi) is 3.26. The topological polar surface area (TPSA) is 0 Å². The van der Waals surface area contributed by atoms with Gasteiger partial charge in [0.15, 0.2) is 0 Å². The SMILES string of the molecule is C1CCC1.[Re]. The van der Waals surface area contributed by atoms with Gasteiger partial charge in [-0.3, -0.25) is 0 Å². The summed E-state index contributed by atoms with van der Waals surface area (Å²) in [5.41, 5.74) is 0. The van der Waals surface area contributed by atoms with Crippen molar-refractivity contribution in [3.63, 3.8) is 0 Å². The Morgan fingerprint density at radius 2 is 0.800 bits per heavy atom. The minimum Gasteiger partial charge on any atom is -0.0533 e. The fraction of sp³-hybridized carbons (Fsp3) is 1.00. The van der Waals surface area contributed by atoms with E-state index in [1.54, 1.807) is 0 Å². The molecule has 0 aromatic carbocycles. The van der Waals surface area contributed by atoms with Crippen molar-refractivity contribution in [1.82, 2.24) is 0 Å². The maximum absolute atomic E-state index is 1.50. The average molecular weight is 242 g/mol. The first kappa shape index (κ1) is 5.66. The maximum atomic E-state index is 1.50. The molecule has 0 bridgehead atoms. The molecule has 0 amide bonds. The Hall–Kier alpha value is 0.662. The first-order valence-corrected chi connectivity index (χ1v) is 2.00. The standard InChI is InChI=1S/C4H8.Re/c1-2-4-3-1;/h1-4H2;. The van der Waals surface area contributed by atoms with Crippen LogP contribution in [0, 0.1) is 0 Å². The summed E-state index contributed by atoms with van der Waals surface area (Å²) in [5.74, 6) is 0. The molecule has 1 rings (SSSR count). The van der Waals surface area contributed by atoms with Crippen molar-refractivity contribution in [3.8, 4) is 0 Å². The van der Waals surface area contributed by atoms with Gasteiger partial charge in [0.25, 0.3) is 0 Å². The van der Waals surface area contributed by atoms with E-state index in [2.05, 4.69) is 0 Å². The molecule has 0 unspecified atom stereocenters. The van der Waals surface area contributed by atoms with E-state index in [4.69, 9.17) is 0 Å². The molecule has 0 spiro atoms. The smallest absolute Gasteiger partial charge is 0 e. The summed E-state index contributed by atoms with van der Waals surface area (Å²) in [7, 11) is 0. The monoisotopic (exact) mass is 243 g/mol. The molecule has 0 aromatic rings. The van der Waals surface area contributed by atoms with Gasteiger partial charge in [-0.2, -0.15) is 0 Å². The second kappa shape index (κ2) is 2.88. The molecule has 0 saturated heterocycles. The van der Waals surface area contributed by atoms with Crippen molar-refractivity contribution in [2.45, 2.75) is 25.7 Å². The van der Waals surface area contributed by atoms with Gasteiger partial charge < -0.3 is 0 Å². The fourth-order valence-electron chi connectivity index (χ4n) is 0.250. The first-order chi connectivity index (χ1) is 2.00. The van der Waals surface area contributed by atoms with E-state index in [9.17, 15) is 0 Å². The normalized spacial score (nSPS) is 19.2. The van der Waals surface area contributed by atoms with Crippen LogP contribution in [0.4, 0.5) is 0 Å². The van der Waals surface area contributed by atoms with E-state index in [1.165, 1.54) is 25.7 Å². The molecular formula is C4H8Re. The van der Waals surface area contributed by atoms with Gasteiger partial charge in [0.1, 0.15) is 0 Å². The van der Waals surface area contributed by atoms with Crippen LogP contribution in [0.5, 0.6) is 0 Å². The van der Waals surface area contributed by atoms with Crippen LogP contribution in [0.1, 0.15) is 25.7 Å². The van der Waals surface area contributed by atoms with Crippen LogP contribution in [-0.4, -0.2) is 0 Å². The fourth-order valence-corrected chi connectivity index (χ4v) is 0.250. The molecule has 0 heterocycles. The van der Waals surface area contributed by atoms with Crippen molar-refractivity contribution >= 4 is 0 Å². The molecule has 1 heteroatoms. The summed E-state index contributed by atoms with van der Waals surface area (Å²) in [5, 5.41) is 0. The largest absolute Gasteiger partial charge is 0.0533 e. The molecule has 0 nitrogen and oxygen atoms in total. The Morgan fingerprint density at radius 1 is 0.600 bits per heavy atom. The average Bonchev–Trinajstić information content (AvgIpc) is 0.722. The molecule has 31 valence electrons. The van der Waals surface area contributed by atoms with Crippen LogP contribution in [0.25, 0.3) is 0 Å². The van der Waals surface area contributed by atoms with Crippen LogP contribution in [-0.2, 0) is 20.4 Å². The molecule has 1 aliphatic rings. The molecule has 0 aromatic heterocycles. The molecule has 0 N–H and O–H groups in total. The molecule has 5 heavy (non-hydrogen) atoms. The van der Waals surface area contributed by atoms with E-state index in [1.807, 2.05) is 0 Å². The Labute approximate surface area is 46.6 Å². The number of hydrogen-bond donors (Lipinski definition) is 0. The minimum absolute atomic E-state index is 0. The summed E-state index contributed by atoms with van der Waals surface area (Å²) in [6.07, 6.45) is 6.00. The van der Waals surface area contributed by atoms with E-state index < -0.39 is 0 Å². The summed E-state index contributed by atoms with van der Waals surface area (Å²) >= 11 is 0. The summed E-state index contributed by atoms with van der Waals surface area (Å²) in [6.45, 7) is 0. The van der Waals surface area contributed by atoms with Gasteiger partial charge in [-0.1, -0.05) is 25.7 Å². The first-order valence-electron chi connectivity index (χ1n) is 2.00. The van der Waals surface area contributed by atoms with Crippen LogP contribution < -0.4 is 0 Å². The second-order valence-corrected chi connectivity index (χ2v) is 1.41. The van der Waals surface area contributed by atoms with Gasteiger partial charge in [-0.05, 0) is 0 Å². The van der Waals surface area contributed by atoms with Crippen LogP contribution in [0.2, 0.25) is 0 Å². The minimum atomic E-state index is 0. The predicted molar refractivity (Wildman–Crippen MR) is 18.5 cm³/mol. The Bertz CT molecular complexity index is 11.6. The van der Waals surface area contributed by atoms with Gasteiger partial charge >= 0.3 is 0 Å². The van der Waals surface area contributed by atoms with Crippen molar-refractivity contribution in [2.75, 3.05) is 0 Å². The summed E-state index contributed by atoms with van der Waals surface area (Å²) in [4.78, 5) is 0. The van der Waals surface area contributed by atoms with Gasteiger partial charge in [0.2, 0.25) is 0 Å². The van der Waals surface area contributed by atoms with E-state index >= 15 is 0 Å². The van der Waals surface area contributed by atoms with Gasteiger partial charge in [0.05, 0.1) is 0 Å². The second-order valence-electron chi connectivity index (χ2n) is 1.41. The van der Waals surface area contributed by atoms with Gasteiger partial charge in [0, 0.05) is 20.4 Å². The third kappa shape index (κ3) is 1.52. The zero-order valence-corrected chi connectivity index (χ0v) is 5.92. The Morgan fingerprint density at radius 3 is 0.800 bits per heavy atom. The summed E-state index contributed by atoms with van der Waals surface area (Å²) in [6, 6.07) is 0. The molecule has 1 radical (unpaired) electrons. The van der Waals surface area contributed by atoms with E-state index in [0.717, 1.165) is 0 Å². The van der Waals surface area contributed by atoms with Gasteiger partial charge in [-0.15, -0.1) is 0 Å². The molecule has 0 aliphatic heterocycles. The number of rotatable bonds is 0. The third-order valence-corrected chi connectivity index (χ3v) is 1.000. The zero-order valence-electron chi connectivity index (χ0n) is 3.21. The summed E-state index contributed by atoms with van der Waals surface area (Å²) < 4.78 is 0. The number of hydrogen-bond acceptors (Lipinski definition) is 0. The molecular weight excluding hydrogens is 234 g/mol. The maximum Gasteiger partial charge on any atom is 0 e. The van der Waals surface area contributed by atoms with Gasteiger partial charge in [-0.25, -0.2) is 0 Å². The quantitative estimate of drug-likeness (QED) is 0.605. The zero-order chi connectivity index (χ0) is 2.83. The van der Waals surface area contributed by atoms with Crippen LogP contribution in [0.3, 0.4) is 0 Å². The van der Waals surface area contributed by atoms with Crippen molar-refractivity contribution in [1.29, 1.82) is 0 Å². The van der Waals surface area contributed by atoms with Crippen molar-refractivity contribution in [3.05, 3.63) is 0 Å². The third-order valence-electron chi connectivity index (χ3n) is 1.000. The molecule has 0 atom stereocenters. The van der Waals surface area contributed by atoms with Crippen molar-refractivity contribution in [2.24, 2.45) is 0 Å². The Balaban J connectivity index is 0.000000160. The van der Waals surface area contributed by atoms with Crippen LogP contribution in [0.15, 0.2) is 0 Å². The molecule has 1 aliphatic carbocycles. The van der Waals surface area contributed by atoms with E-state index in [-0.39, 0.29) is 20.4 Å². The molecule has 1 fully saturated rings. The van der Waals surface area contributed by atoms with E-state index in [0.29, 0.717) is 0 Å². The van der Waals surface area contributed by atoms with Crippen LogP contribution >= 0.6 is 0 Å².